The van der Waals surface area contributed by atoms with Crippen molar-refractivity contribution in [3.63, 3.8) is 0 Å². The summed E-state index contributed by atoms with van der Waals surface area (Å²) in [4.78, 5) is 49.9. The van der Waals surface area contributed by atoms with Gasteiger partial charge in [-0.2, -0.15) is 0 Å². The number of primary amides is 1. The van der Waals surface area contributed by atoms with Crippen molar-refractivity contribution in [2.45, 2.75) is 19.3 Å². The van der Waals surface area contributed by atoms with Gasteiger partial charge in [0.1, 0.15) is 22.8 Å². The summed E-state index contributed by atoms with van der Waals surface area (Å²) in [5.41, 5.74) is 5.31. The molecule has 30 heavy (non-hydrogen) atoms. The number of allylic oxidation sites excluding steroid dienone is 3. The number of halogens is 1. The topological polar surface area (TPSA) is 155 Å². The van der Waals surface area contributed by atoms with E-state index in [2.05, 4.69) is 15.9 Å². The summed E-state index contributed by atoms with van der Waals surface area (Å²) in [6.07, 6.45) is 0.471. The number of aliphatic hydroxyl groups is 2. The Balaban J connectivity index is 1.86. The second-order valence-electron chi connectivity index (χ2n) is 7.80. The summed E-state index contributed by atoms with van der Waals surface area (Å²) in [5.74, 6) is -6.16. The number of aromatic hydroxyl groups is 1. The molecule has 4 rings (SSSR count). The van der Waals surface area contributed by atoms with Gasteiger partial charge in [-0.3, -0.25) is 19.2 Å². The number of ketones is 3. The zero-order chi connectivity index (χ0) is 21.9. The zero-order valence-corrected chi connectivity index (χ0v) is 17.2. The third-order valence-corrected chi connectivity index (χ3v) is 6.70. The molecule has 8 nitrogen and oxygen atoms in total. The van der Waals surface area contributed by atoms with Crippen molar-refractivity contribution in [3.05, 3.63) is 51.5 Å². The Morgan fingerprint density at radius 2 is 1.83 bits per heavy atom. The van der Waals surface area contributed by atoms with Gasteiger partial charge in [0.15, 0.2) is 17.3 Å². The molecule has 3 aliphatic rings. The minimum atomic E-state index is -1.16. The molecule has 0 heterocycles. The molecule has 156 valence electrons. The van der Waals surface area contributed by atoms with Crippen LogP contribution in [0.1, 0.15) is 39.1 Å². The second-order valence-corrected chi connectivity index (χ2v) is 8.36. The highest BCUT2D eigenvalue weighted by Crippen LogP contribution is 2.49. The summed E-state index contributed by atoms with van der Waals surface area (Å²) in [6.45, 7) is 0. The molecule has 3 aliphatic carbocycles. The van der Waals surface area contributed by atoms with E-state index in [4.69, 9.17) is 5.73 Å². The fourth-order valence-corrected chi connectivity index (χ4v) is 5.27. The third-order valence-electron chi connectivity index (χ3n) is 6.19. The number of phenolic OH excluding ortho intramolecular Hbond substituents is 1. The molecule has 1 aromatic carbocycles. The van der Waals surface area contributed by atoms with Gasteiger partial charge in [0.2, 0.25) is 0 Å². The molecule has 1 aromatic rings. The minimum absolute atomic E-state index is 0.000974. The highest BCUT2D eigenvalue weighted by Gasteiger charge is 2.50. The molecule has 0 bridgehead atoms. The van der Waals surface area contributed by atoms with Gasteiger partial charge >= 0.3 is 0 Å². The summed E-state index contributed by atoms with van der Waals surface area (Å²) in [7, 11) is 0. The molecule has 3 unspecified atom stereocenters. The van der Waals surface area contributed by atoms with Crippen LogP contribution in [0.15, 0.2) is 34.8 Å². The fourth-order valence-electron chi connectivity index (χ4n) is 4.97. The highest BCUT2D eigenvalue weighted by molar-refractivity contribution is 9.09. The number of carbonyl (C=O) groups excluding carboxylic acids is 4. The van der Waals surface area contributed by atoms with E-state index in [0.29, 0.717) is 11.1 Å². The number of Topliss-reactive ketones (excluding diaryl/α,β-unsaturated/α-hetero) is 3. The number of benzene rings is 1. The van der Waals surface area contributed by atoms with Gasteiger partial charge in [-0.05, 0) is 42.4 Å². The Morgan fingerprint density at radius 3 is 2.47 bits per heavy atom. The van der Waals surface area contributed by atoms with Gasteiger partial charge in [-0.1, -0.05) is 15.9 Å². The van der Waals surface area contributed by atoms with E-state index >= 15 is 0 Å². The predicted octanol–water partition coefficient (Wildman–Crippen LogP) is 2.04. The van der Waals surface area contributed by atoms with Crippen LogP contribution in [0, 0.1) is 17.8 Å². The van der Waals surface area contributed by atoms with E-state index in [0.717, 1.165) is 0 Å². The summed E-state index contributed by atoms with van der Waals surface area (Å²) in [5, 5.41) is 31.4. The number of phenols is 1. The molecule has 1 amide bonds. The van der Waals surface area contributed by atoms with Gasteiger partial charge in [0, 0.05) is 17.6 Å². The van der Waals surface area contributed by atoms with Gasteiger partial charge in [-0.15, -0.1) is 0 Å². The van der Waals surface area contributed by atoms with Crippen molar-refractivity contribution in [2.24, 2.45) is 23.5 Å². The molecule has 3 atom stereocenters. The molecule has 0 radical (unpaired) electrons. The number of amides is 1. The number of aliphatic hydroxyl groups excluding tert-OH is 2. The van der Waals surface area contributed by atoms with Crippen LogP contribution < -0.4 is 5.73 Å². The second kappa shape index (κ2) is 7.09. The van der Waals surface area contributed by atoms with Crippen LogP contribution in [-0.2, 0) is 16.0 Å². The van der Waals surface area contributed by atoms with Gasteiger partial charge in [-0.25, -0.2) is 0 Å². The molecular formula is C21H18BrNO7. The molecule has 0 saturated heterocycles. The van der Waals surface area contributed by atoms with E-state index < -0.39 is 52.3 Å². The molecule has 0 spiro atoms. The van der Waals surface area contributed by atoms with Crippen molar-refractivity contribution in [1.82, 2.24) is 0 Å². The van der Waals surface area contributed by atoms with Crippen molar-refractivity contribution in [2.75, 3.05) is 5.33 Å². The molecular weight excluding hydrogens is 458 g/mol. The minimum Gasteiger partial charge on any atom is -0.511 e. The lowest BCUT2D eigenvalue weighted by Gasteiger charge is -2.41. The Kier molecular flexibility index (Phi) is 4.80. The molecule has 9 heteroatoms. The molecule has 0 aromatic heterocycles. The average molecular weight is 476 g/mol. The SMILES string of the molecule is NC(=O)C1=C(O)CC2CC3Cc4c(C(=O)CBr)ccc(O)c4C(=O)C3=C(O)C2C1=O. The predicted molar refractivity (Wildman–Crippen MR) is 107 cm³/mol. The first-order chi connectivity index (χ1) is 14.2. The lowest BCUT2D eigenvalue weighted by Crippen LogP contribution is -2.43. The van der Waals surface area contributed by atoms with E-state index in [1.165, 1.54) is 12.1 Å². The lowest BCUT2D eigenvalue weighted by atomic mass is 9.62. The number of alkyl halides is 1. The molecule has 5 N–H and O–H groups in total. The average Bonchev–Trinajstić information content (AvgIpc) is 2.66. The Bertz CT molecular complexity index is 1100. The van der Waals surface area contributed by atoms with Crippen LogP contribution in [0.5, 0.6) is 5.75 Å². The normalized spacial score (nSPS) is 25.6. The van der Waals surface area contributed by atoms with Crippen molar-refractivity contribution in [3.8, 4) is 5.75 Å². The smallest absolute Gasteiger partial charge is 0.255 e. The summed E-state index contributed by atoms with van der Waals surface area (Å²) < 4.78 is 0. The van der Waals surface area contributed by atoms with Crippen molar-refractivity contribution < 1.29 is 34.5 Å². The van der Waals surface area contributed by atoms with E-state index in [9.17, 15) is 34.5 Å². The van der Waals surface area contributed by atoms with Crippen LogP contribution in [0.2, 0.25) is 0 Å². The van der Waals surface area contributed by atoms with Crippen molar-refractivity contribution >= 4 is 39.2 Å². The first kappa shape index (κ1) is 20.3. The Hall–Kier alpha value is -2.94. The number of hydrogen-bond acceptors (Lipinski definition) is 7. The van der Waals surface area contributed by atoms with Crippen LogP contribution in [0.25, 0.3) is 0 Å². The van der Waals surface area contributed by atoms with Crippen LogP contribution in [-0.4, -0.2) is 43.9 Å². The van der Waals surface area contributed by atoms with Crippen molar-refractivity contribution in [1.29, 1.82) is 0 Å². The summed E-state index contributed by atoms with van der Waals surface area (Å²) in [6, 6.07) is 2.72. The van der Waals surface area contributed by atoms with E-state index in [1.54, 1.807) is 0 Å². The number of hydrogen-bond donors (Lipinski definition) is 4. The molecule has 0 saturated carbocycles. The fraction of sp³-hybridized carbons (Fsp3) is 0.333. The van der Waals surface area contributed by atoms with Gasteiger partial charge in [0.25, 0.3) is 5.91 Å². The van der Waals surface area contributed by atoms with Crippen LogP contribution in [0.4, 0.5) is 0 Å². The van der Waals surface area contributed by atoms with E-state index in [1.807, 2.05) is 0 Å². The number of rotatable bonds is 3. The standard InChI is InChI=1S/C21H18BrNO7/c22-6-13(26)9-1-2-11(24)16-10(9)4-7-3-8-5-12(25)17(21(23)30)20(29)15(8)18(27)14(7)19(16)28/h1-2,7-8,15,24-25,27H,3-6H2,(H2,23,30). The molecule has 0 fully saturated rings. The number of fused-ring (bicyclic) bond motifs is 3. The van der Waals surface area contributed by atoms with Gasteiger partial charge < -0.3 is 21.1 Å². The zero-order valence-electron chi connectivity index (χ0n) is 15.6. The monoisotopic (exact) mass is 475 g/mol. The highest BCUT2D eigenvalue weighted by atomic mass is 79.9. The lowest BCUT2D eigenvalue weighted by molar-refractivity contribution is -0.126. The Labute approximate surface area is 179 Å². The maximum Gasteiger partial charge on any atom is 0.255 e. The molecule has 0 aliphatic heterocycles. The maximum atomic E-state index is 13.2. The van der Waals surface area contributed by atoms with Crippen LogP contribution >= 0.6 is 15.9 Å². The van der Waals surface area contributed by atoms with E-state index in [-0.39, 0.29) is 47.3 Å². The largest absolute Gasteiger partial charge is 0.511 e. The first-order valence-electron chi connectivity index (χ1n) is 9.35. The number of nitrogens with two attached hydrogens (primary N) is 1. The third kappa shape index (κ3) is 2.79. The summed E-state index contributed by atoms with van der Waals surface area (Å²) >= 11 is 3.11. The maximum absolute atomic E-state index is 13.2. The van der Waals surface area contributed by atoms with Gasteiger partial charge in [0.05, 0.1) is 16.8 Å². The first-order valence-corrected chi connectivity index (χ1v) is 10.5. The van der Waals surface area contributed by atoms with Crippen LogP contribution in [0.3, 0.4) is 0 Å². The Morgan fingerprint density at radius 1 is 1.13 bits per heavy atom. The quantitative estimate of drug-likeness (QED) is 0.296. The number of carbonyl (C=O) groups is 4.